The monoisotopic (exact) mass is 474 g/mol. The van der Waals surface area contributed by atoms with Crippen LogP contribution in [0.15, 0.2) is 30.3 Å². The van der Waals surface area contributed by atoms with Gasteiger partial charge in [-0.3, -0.25) is 4.79 Å². The highest BCUT2D eigenvalue weighted by Gasteiger charge is 2.20. The third-order valence-electron chi connectivity index (χ3n) is 4.64. The van der Waals surface area contributed by atoms with Crippen LogP contribution in [0.25, 0.3) is 10.6 Å². The normalized spacial score (nSPS) is 10.6. The molecule has 0 spiro atoms. The molecule has 0 radical (unpaired) electrons. The summed E-state index contributed by atoms with van der Waals surface area (Å²) < 4.78 is 15.8. The first-order chi connectivity index (χ1) is 15.2. The van der Waals surface area contributed by atoms with E-state index >= 15 is 0 Å². The molecular formula is C23H23ClN2O5S. The lowest BCUT2D eigenvalue weighted by Crippen LogP contribution is -2.21. The Hall–Kier alpha value is -3.10. The van der Waals surface area contributed by atoms with Gasteiger partial charge in [-0.05, 0) is 56.2 Å². The van der Waals surface area contributed by atoms with Crippen molar-refractivity contribution in [3.8, 4) is 22.1 Å². The van der Waals surface area contributed by atoms with Crippen molar-refractivity contribution in [3.63, 3.8) is 0 Å². The van der Waals surface area contributed by atoms with Gasteiger partial charge in [-0.25, -0.2) is 9.78 Å². The summed E-state index contributed by atoms with van der Waals surface area (Å²) in [6.07, 6.45) is 0. The number of nitrogens with one attached hydrogen (secondary N) is 1. The van der Waals surface area contributed by atoms with Crippen molar-refractivity contribution in [2.45, 2.75) is 20.8 Å². The number of amides is 1. The average molecular weight is 475 g/mol. The van der Waals surface area contributed by atoms with E-state index in [2.05, 4.69) is 10.3 Å². The number of carbonyl (C=O) groups is 2. The number of rotatable bonds is 7. The largest absolute Gasteiger partial charge is 0.493 e. The maximum absolute atomic E-state index is 12.6. The van der Waals surface area contributed by atoms with E-state index in [0.717, 1.165) is 16.7 Å². The highest BCUT2D eigenvalue weighted by Crippen LogP contribution is 2.35. The predicted octanol–water partition coefficient (Wildman–Crippen LogP) is 5.20. The lowest BCUT2D eigenvalue weighted by Gasteiger charge is -2.11. The molecule has 1 aromatic heterocycles. The molecule has 0 saturated heterocycles. The van der Waals surface area contributed by atoms with Crippen LogP contribution in [-0.4, -0.2) is 37.7 Å². The lowest BCUT2D eigenvalue weighted by atomic mass is 10.1. The second-order valence-corrected chi connectivity index (χ2v) is 8.47. The zero-order chi connectivity index (χ0) is 23.4. The number of hydrogen-bond acceptors (Lipinski definition) is 7. The van der Waals surface area contributed by atoms with E-state index in [9.17, 15) is 9.59 Å². The summed E-state index contributed by atoms with van der Waals surface area (Å²) in [4.78, 5) is 29.7. The highest BCUT2D eigenvalue weighted by atomic mass is 35.5. The third kappa shape index (κ3) is 5.20. The first kappa shape index (κ1) is 23.6. The van der Waals surface area contributed by atoms with Gasteiger partial charge in [0.15, 0.2) is 18.1 Å². The molecule has 7 nitrogen and oxygen atoms in total. The Bertz CT molecular complexity index is 1150. The molecule has 0 aliphatic rings. The summed E-state index contributed by atoms with van der Waals surface area (Å²) in [6.45, 7) is 5.04. The molecule has 0 fully saturated rings. The van der Waals surface area contributed by atoms with Crippen LogP contribution in [0, 0.1) is 20.8 Å². The number of ether oxygens (including phenoxy) is 3. The Labute approximate surface area is 195 Å². The Morgan fingerprint density at radius 3 is 2.44 bits per heavy atom. The number of halogens is 1. The molecule has 1 heterocycles. The molecule has 32 heavy (non-hydrogen) atoms. The molecule has 0 bridgehead atoms. The van der Waals surface area contributed by atoms with Crippen LogP contribution in [0.4, 0.5) is 5.69 Å². The van der Waals surface area contributed by atoms with Gasteiger partial charge in [-0.2, -0.15) is 0 Å². The first-order valence-corrected chi connectivity index (χ1v) is 10.9. The van der Waals surface area contributed by atoms with Gasteiger partial charge in [0.25, 0.3) is 5.91 Å². The van der Waals surface area contributed by atoms with E-state index in [-0.39, 0.29) is 0 Å². The van der Waals surface area contributed by atoms with Gasteiger partial charge in [0.2, 0.25) is 0 Å². The number of anilines is 1. The van der Waals surface area contributed by atoms with Crippen molar-refractivity contribution in [2.24, 2.45) is 0 Å². The fourth-order valence-corrected chi connectivity index (χ4v) is 4.45. The molecule has 0 saturated carbocycles. The standard InChI is InChI=1S/C23H23ClN2O5S/c1-12-8-13(2)20(16(24)9-12)26-19(27)11-31-23(28)21-14(3)25-22(32-21)15-6-7-17(29-4)18(10-15)30-5/h6-10H,11H2,1-5H3,(H,26,27). The zero-order valence-electron chi connectivity index (χ0n) is 18.4. The molecule has 2 aromatic carbocycles. The van der Waals surface area contributed by atoms with Gasteiger partial charge in [0.1, 0.15) is 9.88 Å². The number of esters is 1. The number of aryl methyl sites for hydroxylation is 3. The van der Waals surface area contributed by atoms with Crippen LogP contribution in [0.1, 0.15) is 26.5 Å². The summed E-state index contributed by atoms with van der Waals surface area (Å²) in [6, 6.07) is 9.05. The van der Waals surface area contributed by atoms with Crippen LogP contribution in [0.2, 0.25) is 5.02 Å². The van der Waals surface area contributed by atoms with Gasteiger partial charge in [0.05, 0.1) is 30.6 Å². The number of aromatic nitrogens is 1. The van der Waals surface area contributed by atoms with Crippen LogP contribution < -0.4 is 14.8 Å². The molecule has 3 aromatic rings. The van der Waals surface area contributed by atoms with E-state index in [1.165, 1.54) is 11.3 Å². The number of hydrogen-bond donors (Lipinski definition) is 1. The van der Waals surface area contributed by atoms with Crippen molar-refractivity contribution in [2.75, 3.05) is 26.1 Å². The summed E-state index contributed by atoms with van der Waals surface area (Å²) in [5.74, 6) is 0.0610. The topological polar surface area (TPSA) is 86.8 Å². The van der Waals surface area contributed by atoms with Crippen molar-refractivity contribution >= 4 is 40.5 Å². The van der Waals surface area contributed by atoms with E-state index < -0.39 is 18.5 Å². The second kappa shape index (κ2) is 10.0. The maximum Gasteiger partial charge on any atom is 0.350 e. The van der Waals surface area contributed by atoms with Gasteiger partial charge >= 0.3 is 5.97 Å². The summed E-state index contributed by atoms with van der Waals surface area (Å²) in [5, 5.41) is 3.75. The Morgan fingerprint density at radius 1 is 1.06 bits per heavy atom. The number of methoxy groups -OCH3 is 2. The lowest BCUT2D eigenvalue weighted by molar-refractivity contribution is -0.119. The van der Waals surface area contributed by atoms with Crippen LogP contribution in [0.5, 0.6) is 11.5 Å². The van der Waals surface area contributed by atoms with Crippen LogP contribution >= 0.6 is 22.9 Å². The Kier molecular flexibility index (Phi) is 7.37. The van der Waals surface area contributed by atoms with Gasteiger partial charge in [-0.1, -0.05) is 17.7 Å². The molecule has 0 aliphatic carbocycles. The minimum atomic E-state index is -0.617. The Balaban J connectivity index is 1.69. The first-order valence-electron chi connectivity index (χ1n) is 9.67. The minimum Gasteiger partial charge on any atom is -0.493 e. The molecular weight excluding hydrogens is 452 g/mol. The fraction of sp³-hybridized carbons (Fsp3) is 0.261. The van der Waals surface area contributed by atoms with Crippen LogP contribution in [0.3, 0.4) is 0 Å². The molecule has 0 aliphatic heterocycles. The highest BCUT2D eigenvalue weighted by molar-refractivity contribution is 7.17. The van der Waals surface area contributed by atoms with E-state index in [0.29, 0.717) is 37.8 Å². The Morgan fingerprint density at radius 2 is 1.78 bits per heavy atom. The summed E-state index contributed by atoms with van der Waals surface area (Å²) in [5.41, 5.74) is 3.61. The number of benzene rings is 2. The van der Waals surface area contributed by atoms with E-state index in [4.69, 9.17) is 25.8 Å². The number of thiazole rings is 1. The molecule has 1 amide bonds. The van der Waals surface area contributed by atoms with Crippen molar-refractivity contribution in [1.82, 2.24) is 4.98 Å². The molecule has 0 unspecified atom stereocenters. The summed E-state index contributed by atoms with van der Waals surface area (Å²) in [7, 11) is 3.11. The summed E-state index contributed by atoms with van der Waals surface area (Å²) >= 11 is 7.39. The number of carbonyl (C=O) groups excluding carboxylic acids is 2. The van der Waals surface area contributed by atoms with Crippen molar-refractivity contribution < 1.29 is 23.8 Å². The van der Waals surface area contributed by atoms with Crippen molar-refractivity contribution in [3.05, 3.63) is 57.1 Å². The van der Waals surface area contributed by atoms with Gasteiger partial charge in [0, 0.05) is 5.56 Å². The molecule has 1 N–H and O–H groups in total. The smallest absolute Gasteiger partial charge is 0.350 e. The fourth-order valence-electron chi connectivity index (χ4n) is 3.12. The molecule has 0 atom stereocenters. The van der Waals surface area contributed by atoms with Crippen LogP contribution in [-0.2, 0) is 9.53 Å². The van der Waals surface area contributed by atoms with E-state index in [1.807, 2.05) is 26.0 Å². The molecule has 9 heteroatoms. The quantitative estimate of drug-likeness (QED) is 0.473. The minimum absolute atomic E-state index is 0.326. The van der Waals surface area contributed by atoms with E-state index in [1.54, 1.807) is 39.3 Å². The third-order valence-corrected chi connectivity index (χ3v) is 6.13. The van der Waals surface area contributed by atoms with Gasteiger partial charge < -0.3 is 19.5 Å². The molecule has 3 rings (SSSR count). The van der Waals surface area contributed by atoms with Crippen molar-refractivity contribution in [1.29, 1.82) is 0 Å². The van der Waals surface area contributed by atoms with Gasteiger partial charge in [-0.15, -0.1) is 11.3 Å². The zero-order valence-corrected chi connectivity index (χ0v) is 19.9. The molecule has 168 valence electrons. The number of nitrogens with zero attached hydrogens (tertiary/aromatic N) is 1. The SMILES string of the molecule is COc1ccc(-c2nc(C)c(C(=O)OCC(=O)Nc3c(C)cc(C)cc3Cl)s2)cc1OC. The average Bonchev–Trinajstić information content (AvgIpc) is 3.15. The predicted molar refractivity (Wildman–Crippen MR) is 125 cm³/mol. The maximum atomic E-state index is 12.6. The second-order valence-electron chi connectivity index (χ2n) is 7.07.